The van der Waals surface area contributed by atoms with Crippen LogP contribution in [0.5, 0.6) is 0 Å². The van der Waals surface area contributed by atoms with Crippen molar-refractivity contribution in [3.05, 3.63) is 36.5 Å². The predicted molar refractivity (Wildman–Crippen MR) is 197 cm³/mol. The van der Waals surface area contributed by atoms with E-state index in [9.17, 15) is 14.4 Å². The van der Waals surface area contributed by atoms with Gasteiger partial charge in [-0.3, -0.25) is 0 Å². The lowest BCUT2D eigenvalue weighted by Gasteiger charge is -2.39. The summed E-state index contributed by atoms with van der Waals surface area (Å²) in [5.41, 5.74) is 1.43. The second-order valence-corrected chi connectivity index (χ2v) is 16.0. The van der Waals surface area contributed by atoms with Crippen LogP contribution in [-0.2, 0) is 65.6 Å². The van der Waals surface area contributed by atoms with E-state index in [-0.39, 0.29) is 50.4 Å². The highest BCUT2D eigenvalue weighted by atomic mass is 28.4. The number of hydrogen-bond acceptors (Lipinski definition) is 14. The highest BCUT2D eigenvalue weighted by Crippen LogP contribution is 2.39. The van der Waals surface area contributed by atoms with Crippen molar-refractivity contribution in [1.29, 1.82) is 0 Å². The molecule has 302 valence electrons. The van der Waals surface area contributed by atoms with Gasteiger partial charge >= 0.3 is 26.7 Å². The summed E-state index contributed by atoms with van der Waals surface area (Å²) in [5.74, 6) is -0.430. The van der Waals surface area contributed by atoms with Crippen molar-refractivity contribution in [2.45, 2.75) is 92.6 Å². The van der Waals surface area contributed by atoms with Crippen LogP contribution in [-0.4, -0.2) is 132 Å². The van der Waals surface area contributed by atoms with Crippen LogP contribution in [0, 0.1) is 11.3 Å². The van der Waals surface area contributed by atoms with Gasteiger partial charge in [0.05, 0.1) is 57.3 Å². The number of fused-ring (bicyclic) bond motifs is 1. The molecular weight excluding hydrogens is 696 g/mol. The highest BCUT2D eigenvalue weighted by molar-refractivity contribution is 6.60. The Balaban J connectivity index is 0.000000663. The lowest BCUT2D eigenvalue weighted by molar-refractivity contribution is -0.167. The molecule has 0 radical (unpaired) electrons. The molecule has 5 aliphatic rings. The lowest BCUT2D eigenvalue weighted by atomic mass is 9.84. The zero-order valence-corrected chi connectivity index (χ0v) is 31.9. The van der Waals surface area contributed by atoms with E-state index in [2.05, 4.69) is 26.7 Å². The first-order chi connectivity index (χ1) is 23.7. The monoisotopic (exact) mass is 762 g/mol. The molecule has 0 N–H and O–H groups in total. The van der Waals surface area contributed by atoms with Crippen LogP contribution in [0.1, 0.15) is 68.2 Å². The molecule has 4 saturated heterocycles. The number of carbonyl (C=O) groups excluding carboxylic acids is 3. The maximum absolute atomic E-state index is 11.1. The zero-order chi connectivity index (χ0) is 37.3. The molecule has 4 heterocycles. The van der Waals surface area contributed by atoms with Gasteiger partial charge in [-0.1, -0.05) is 41.5 Å². The Morgan fingerprint density at radius 1 is 0.731 bits per heavy atom. The van der Waals surface area contributed by atoms with Gasteiger partial charge in [-0.2, -0.15) is 0 Å². The molecule has 1 saturated carbocycles. The molecular formula is C37H66O14Si. The molecule has 15 heteroatoms. The summed E-state index contributed by atoms with van der Waals surface area (Å²) in [6, 6.07) is 0. The first-order valence-electron chi connectivity index (χ1n) is 16.9. The minimum atomic E-state index is -2.53. The van der Waals surface area contributed by atoms with E-state index in [1.54, 1.807) is 42.1 Å². The summed E-state index contributed by atoms with van der Waals surface area (Å²) in [6.45, 7) is 22.4. The van der Waals surface area contributed by atoms with Crippen LogP contribution in [0.2, 0.25) is 0 Å². The Morgan fingerprint density at radius 3 is 1.62 bits per heavy atom. The van der Waals surface area contributed by atoms with Crippen LogP contribution in [0.25, 0.3) is 0 Å². The Morgan fingerprint density at radius 2 is 1.21 bits per heavy atom. The molecule has 5 unspecified atom stereocenters. The number of rotatable bonds is 17. The Kier molecular flexibility index (Phi) is 23.6. The van der Waals surface area contributed by atoms with Crippen LogP contribution in [0.15, 0.2) is 36.5 Å². The molecule has 0 aromatic heterocycles. The number of esters is 3. The second-order valence-electron chi connectivity index (χ2n) is 13.1. The second kappa shape index (κ2) is 24.8. The standard InChI is InChI=1S/C11H16O3.C10H16O3.C7H16O5Si.C7H10O3.2CH4/c1-7(2)11(12)13-6-8-3-4-9-10(5-8)14-9;1-4-10(5-12-6-10)7-13-9(11)8(2)3;1-8-13(9-2,10-3)6-11-4-7-5-12-7;1-5(2)7(8)10-4-6-3-9-6;;/h8-10H,1,3-6H2,2H3;2,4-7H2,1,3H3;7H,4-6H2,1-3H3;6H,1,3-4H2,2H3;2*1H4. The third kappa shape index (κ3) is 19.0. The quantitative estimate of drug-likeness (QED) is 0.0653. The topological polar surface area (TPSA) is 163 Å². The van der Waals surface area contributed by atoms with Gasteiger partial charge in [0.2, 0.25) is 0 Å². The van der Waals surface area contributed by atoms with Crippen molar-refractivity contribution in [2.24, 2.45) is 11.3 Å². The summed E-state index contributed by atoms with van der Waals surface area (Å²) in [4.78, 5) is 32.9. The number of epoxide rings is 3. The Labute approximate surface area is 312 Å². The molecule has 0 aromatic rings. The maximum Gasteiger partial charge on any atom is 0.527 e. The van der Waals surface area contributed by atoms with Gasteiger partial charge in [0.25, 0.3) is 0 Å². The Bertz CT molecular complexity index is 1110. The van der Waals surface area contributed by atoms with E-state index in [0.717, 1.165) is 32.3 Å². The van der Waals surface area contributed by atoms with E-state index in [1.165, 1.54) is 0 Å². The molecule has 0 spiro atoms. The molecule has 0 amide bonds. The first kappa shape index (κ1) is 49.5. The van der Waals surface area contributed by atoms with Crippen LogP contribution in [0.3, 0.4) is 0 Å². The largest absolute Gasteiger partial charge is 0.527 e. The fourth-order valence-electron chi connectivity index (χ4n) is 4.44. The van der Waals surface area contributed by atoms with E-state index < -0.39 is 8.80 Å². The predicted octanol–water partition coefficient (Wildman–Crippen LogP) is 4.80. The third-order valence-electron chi connectivity index (χ3n) is 8.40. The van der Waals surface area contributed by atoms with E-state index in [0.29, 0.717) is 87.3 Å². The van der Waals surface area contributed by atoms with Crippen molar-refractivity contribution in [3.8, 4) is 0 Å². The van der Waals surface area contributed by atoms with Gasteiger partial charge in [-0.05, 0) is 52.4 Å². The van der Waals surface area contributed by atoms with Gasteiger partial charge in [-0.15, -0.1) is 0 Å². The van der Waals surface area contributed by atoms with Gasteiger partial charge in [0.15, 0.2) is 0 Å². The summed E-state index contributed by atoms with van der Waals surface area (Å²) >= 11 is 0. The van der Waals surface area contributed by atoms with Crippen LogP contribution < -0.4 is 0 Å². The fraction of sp³-hybridized carbons (Fsp3) is 0.757. The van der Waals surface area contributed by atoms with Crippen molar-refractivity contribution in [3.63, 3.8) is 0 Å². The fourth-order valence-corrected chi connectivity index (χ4v) is 5.66. The molecule has 5 fully saturated rings. The molecule has 4 aliphatic heterocycles. The molecule has 5 atom stereocenters. The average molecular weight is 763 g/mol. The zero-order valence-electron chi connectivity index (χ0n) is 30.9. The van der Waals surface area contributed by atoms with E-state index in [1.807, 2.05) is 0 Å². The maximum atomic E-state index is 11.1. The minimum Gasteiger partial charge on any atom is -0.462 e. The smallest absolute Gasteiger partial charge is 0.462 e. The molecule has 5 rings (SSSR count). The van der Waals surface area contributed by atoms with E-state index in [4.69, 9.17) is 51.2 Å². The van der Waals surface area contributed by atoms with Gasteiger partial charge in [0, 0.05) is 38.0 Å². The molecule has 1 aliphatic carbocycles. The van der Waals surface area contributed by atoms with E-state index >= 15 is 0 Å². The molecule has 14 nitrogen and oxygen atoms in total. The van der Waals surface area contributed by atoms with Crippen LogP contribution in [0.4, 0.5) is 0 Å². The normalized spacial score (nSPS) is 23.7. The SMILES string of the molecule is C.C.C=C(C)C(=O)OCC1(CC)COC1.C=C(C)C(=O)OCC1CCC2OC2C1.C=C(C)C(=O)OCC1CO1.CO[Si](COCC1CO1)(OC)OC. The minimum absolute atomic E-state index is 0. The molecule has 52 heavy (non-hydrogen) atoms. The Hall–Kier alpha value is -2.47. The highest BCUT2D eigenvalue weighted by Gasteiger charge is 2.44. The summed E-state index contributed by atoms with van der Waals surface area (Å²) in [5, 5.41) is 0. The summed E-state index contributed by atoms with van der Waals surface area (Å²) in [7, 11) is 2.16. The van der Waals surface area contributed by atoms with Crippen LogP contribution >= 0.6 is 0 Å². The van der Waals surface area contributed by atoms with Crippen molar-refractivity contribution >= 4 is 26.7 Å². The van der Waals surface area contributed by atoms with Gasteiger partial charge < -0.3 is 51.2 Å². The third-order valence-corrected chi connectivity index (χ3v) is 10.8. The van der Waals surface area contributed by atoms with Gasteiger partial charge in [0.1, 0.15) is 31.7 Å². The number of carbonyl (C=O) groups is 3. The van der Waals surface area contributed by atoms with Crippen molar-refractivity contribution in [1.82, 2.24) is 0 Å². The van der Waals surface area contributed by atoms with Crippen molar-refractivity contribution < 1.29 is 65.6 Å². The summed E-state index contributed by atoms with van der Waals surface area (Å²) in [6.07, 6.45) is 6.02. The molecule has 0 aromatic carbocycles. The van der Waals surface area contributed by atoms with Crippen molar-refractivity contribution in [2.75, 3.05) is 80.4 Å². The number of hydrogen-bond donors (Lipinski definition) is 0. The van der Waals surface area contributed by atoms with Gasteiger partial charge in [-0.25, -0.2) is 14.4 Å². The lowest BCUT2D eigenvalue weighted by Crippen LogP contribution is -2.48. The average Bonchev–Trinajstić information content (AvgIpc) is 3.95. The first-order valence-corrected chi connectivity index (χ1v) is 18.8. The number of ether oxygens (including phenoxy) is 8. The molecule has 0 bridgehead atoms. The summed E-state index contributed by atoms with van der Waals surface area (Å²) < 4.78 is 56.2.